The molecule has 0 aliphatic heterocycles. The van der Waals surface area contributed by atoms with Gasteiger partial charge in [-0.15, -0.1) is 0 Å². The molecular weight excluding hydrogens is 448 g/mol. The molecule has 0 saturated carbocycles. The van der Waals surface area contributed by atoms with Crippen molar-refractivity contribution < 1.29 is 9.32 Å². The second-order valence-corrected chi connectivity index (χ2v) is 8.09. The number of hydrogen-bond donors (Lipinski definition) is 3. The van der Waals surface area contributed by atoms with Crippen LogP contribution < -0.4 is 27.2 Å². The van der Waals surface area contributed by atoms with Gasteiger partial charge in [-0.3, -0.25) is 19.1 Å². The lowest BCUT2D eigenvalue weighted by atomic mass is 10.2. The number of aromatic amines is 1. The highest BCUT2D eigenvalue weighted by Gasteiger charge is 2.20. The predicted molar refractivity (Wildman–Crippen MR) is 133 cm³/mol. The third-order valence-corrected chi connectivity index (χ3v) is 5.43. The van der Waals surface area contributed by atoms with Crippen molar-refractivity contribution in [3.63, 3.8) is 0 Å². The van der Waals surface area contributed by atoms with Crippen molar-refractivity contribution in [1.82, 2.24) is 14.7 Å². The maximum absolute atomic E-state index is 12.9. The molecule has 0 bridgehead atoms. The fourth-order valence-electron chi connectivity index (χ4n) is 3.75. The smallest absolute Gasteiger partial charge is 0.330 e. The van der Waals surface area contributed by atoms with Crippen LogP contribution in [-0.4, -0.2) is 27.2 Å². The van der Waals surface area contributed by atoms with Gasteiger partial charge in [0.1, 0.15) is 17.3 Å². The summed E-state index contributed by atoms with van der Waals surface area (Å²) in [5.41, 5.74) is 7.10. The van der Waals surface area contributed by atoms with E-state index in [0.717, 1.165) is 11.1 Å². The first-order valence-corrected chi connectivity index (χ1v) is 11.1. The molecule has 10 heteroatoms. The standard InChI is InChI=1S/C25H26N6O4/c1-17-14-20(29-35-17)27-21(32)12-13-30(15-18-8-4-2-5-9-18)22-23(26)31(25(34)28-24(22)33)16-19-10-6-3-7-11-19/h2-11,14H,12-13,15-16,26H2,1H3,(H,27,29,32)(H,28,33,34). The summed E-state index contributed by atoms with van der Waals surface area (Å²) in [6, 6.07) is 20.4. The van der Waals surface area contributed by atoms with Crippen LogP contribution in [0.5, 0.6) is 0 Å². The lowest BCUT2D eigenvalue weighted by Crippen LogP contribution is -2.39. The van der Waals surface area contributed by atoms with Crippen molar-refractivity contribution in [1.29, 1.82) is 0 Å². The van der Waals surface area contributed by atoms with Crippen LogP contribution in [0.25, 0.3) is 0 Å². The number of nitrogens with one attached hydrogen (secondary N) is 2. The average molecular weight is 475 g/mol. The number of rotatable bonds is 9. The van der Waals surface area contributed by atoms with Crippen LogP contribution in [0, 0.1) is 6.92 Å². The van der Waals surface area contributed by atoms with Crippen molar-refractivity contribution in [3.8, 4) is 0 Å². The number of hydrogen-bond acceptors (Lipinski definition) is 7. The van der Waals surface area contributed by atoms with E-state index in [9.17, 15) is 14.4 Å². The Labute approximate surface area is 201 Å². The molecule has 0 unspecified atom stereocenters. The van der Waals surface area contributed by atoms with Crippen LogP contribution in [-0.2, 0) is 17.9 Å². The Morgan fingerprint density at radius 1 is 1.09 bits per heavy atom. The Morgan fingerprint density at radius 2 is 1.74 bits per heavy atom. The number of benzene rings is 2. The van der Waals surface area contributed by atoms with Crippen molar-refractivity contribution in [2.75, 3.05) is 22.5 Å². The number of carbonyl (C=O) groups is 1. The maximum Gasteiger partial charge on any atom is 0.330 e. The maximum atomic E-state index is 12.9. The van der Waals surface area contributed by atoms with Gasteiger partial charge in [0, 0.05) is 25.6 Å². The van der Waals surface area contributed by atoms with E-state index in [1.165, 1.54) is 4.57 Å². The number of aryl methyl sites for hydroxylation is 1. The first-order valence-electron chi connectivity index (χ1n) is 11.1. The van der Waals surface area contributed by atoms with Crippen LogP contribution in [0.2, 0.25) is 0 Å². The second-order valence-electron chi connectivity index (χ2n) is 8.09. The third kappa shape index (κ3) is 5.85. The molecule has 0 radical (unpaired) electrons. The number of nitrogens with two attached hydrogens (primary N) is 1. The van der Waals surface area contributed by atoms with E-state index in [4.69, 9.17) is 10.3 Å². The quantitative estimate of drug-likeness (QED) is 0.339. The van der Waals surface area contributed by atoms with Gasteiger partial charge in [-0.1, -0.05) is 65.8 Å². The molecule has 10 nitrogen and oxygen atoms in total. The molecule has 0 saturated heterocycles. The summed E-state index contributed by atoms with van der Waals surface area (Å²) in [5.74, 6) is 0.622. The van der Waals surface area contributed by atoms with Crippen molar-refractivity contribution in [2.45, 2.75) is 26.4 Å². The first-order chi connectivity index (χ1) is 16.9. The highest BCUT2D eigenvalue weighted by atomic mass is 16.5. The number of anilines is 3. The van der Waals surface area contributed by atoms with Gasteiger partial charge in [0.25, 0.3) is 5.56 Å². The Balaban J connectivity index is 1.64. The van der Waals surface area contributed by atoms with Crippen LogP contribution in [0.1, 0.15) is 23.3 Å². The van der Waals surface area contributed by atoms with Gasteiger partial charge >= 0.3 is 5.69 Å². The zero-order valence-electron chi connectivity index (χ0n) is 19.2. The summed E-state index contributed by atoms with van der Waals surface area (Å²) in [6.07, 6.45) is 0.0510. The summed E-state index contributed by atoms with van der Waals surface area (Å²) in [4.78, 5) is 42.1. The fraction of sp³-hybridized carbons (Fsp3) is 0.200. The van der Waals surface area contributed by atoms with Gasteiger partial charge in [0.15, 0.2) is 5.82 Å². The molecule has 0 fully saturated rings. The molecule has 2 heterocycles. The molecule has 4 aromatic rings. The van der Waals surface area contributed by atoms with Crippen LogP contribution >= 0.6 is 0 Å². The van der Waals surface area contributed by atoms with E-state index >= 15 is 0 Å². The first kappa shape index (κ1) is 23.6. The Morgan fingerprint density at radius 3 is 2.37 bits per heavy atom. The summed E-state index contributed by atoms with van der Waals surface area (Å²) in [5, 5.41) is 6.44. The number of nitrogens with zero attached hydrogens (tertiary/aromatic N) is 3. The van der Waals surface area contributed by atoms with Crippen molar-refractivity contribution in [2.24, 2.45) is 0 Å². The van der Waals surface area contributed by atoms with E-state index in [1.807, 2.05) is 60.7 Å². The van der Waals surface area contributed by atoms with Crippen LogP contribution in [0.4, 0.5) is 17.3 Å². The van der Waals surface area contributed by atoms with Crippen molar-refractivity contribution in [3.05, 3.63) is 104 Å². The summed E-state index contributed by atoms with van der Waals surface area (Å²) < 4.78 is 6.30. The molecular formula is C25H26N6O4. The monoisotopic (exact) mass is 474 g/mol. The van der Waals surface area contributed by atoms with Crippen molar-refractivity contribution >= 4 is 23.2 Å². The van der Waals surface area contributed by atoms with E-state index < -0.39 is 11.2 Å². The largest absolute Gasteiger partial charge is 0.383 e. The lowest BCUT2D eigenvalue weighted by molar-refractivity contribution is -0.116. The number of H-pyrrole nitrogens is 1. The molecule has 35 heavy (non-hydrogen) atoms. The molecule has 4 rings (SSSR count). The fourth-order valence-corrected chi connectivity index (χ4v) is 3.75. The highest BCUT2D eigenvalue weighted by Crippen LogP contribution is 2.21. The SMILES string of the molecule is Cc1cc(NC(=O)CCN(Cc2ccccc2)c2c(N)n(Cc3ccccc3)c(=O)[nH]c2=O)no1. The topological polar surface area (TPSA) is 139 Å². The van der Waals surface area contributed by atoms with Gasteiger partial charge in [0.2, 0.25) is 5.91 Å². The van der Waals surface area contributed by atoms with Gasteiger partial charge in [-0.25, -0.2) is 4.79 Å². The van der Waals surface area contributed by atoms with E-state index in [2.05, 4.69) is 15.5 Å². The zero-order valence-corrected chi connectivity index (χ0v) is 19.2. The average Bonchev–Trinajstić information content (AvgIpc) is 3.25. The van der Waals surface area contributed by atoms with Gasteiger partial charge in [-0.2, -0.15) is 0 Å². The summed E-state index contributed by atoms with van der Waals surface area (Å²) in [7, 11) is 0. The molecule has 180 valence electrons. The highest BCUT2D eigenvalue weighted by molar-refractivity contribution is 5.90. The van der Waals surface area contributed by atoms with E-state index in [0.29, 0.717) is 18.1 Å². The molecule has 0 spiro atoms. The van der Waals surface area contributed by atoms with Gasteiger partial charge < -0.3 is 20.5 Å². The molecule has 2 aromatic heterocycles. The second kappa shape index (κ2) is 10.6. The van der Waals surface area contributed by atoms with Gasteiger partial charge in [-0.05, 0) is 18.1 Å². The number of aromatic nitrogens is 3. The lowest BCUT2D eigenvalue weighted by Gasteiger charge is -2.26. The van der Waals surface area contributed by atoms with Crippen LogP contribution in [0.3, 0.4) is 0 Å². The Kier molecular flexibility index (Phi) is 7.10. The zero-order chi connectivity index (χ0) is 24.8. The molecule has 0 aliphatic rings. The van der Waals surface area contributed by atoms with E-state index in [1.54, 1.807) is 17.9 Å². The normalized spacial score (nSPS) is 10.8. The molecule has 1 amide bonds. The number of amides is 1. The molecule has 0 aliphatic carbocycles. The van der Waals surface area contributed by atoms with Gasteiger partial charge in [0.05, 0.1) is 6.54 Å². The predicted octanol–water partition coefficient (Wildman–Crippen LogP) is 2.50. The minimum absolute atomic E-state index is 0.0334. The minimum atomic E-state index is -0.611. The molecule has 2 aromatic carbocycles. The third-order valence-electron chi connectivity index (χ3n) is 5.43. The summed E-state index contributed by atoms with van der Waals surface area (Å²) >= 11 is 0. The summed E-state index contributed by atoms with van der Waals surface area (Å²) in [6.45, 7) is 2.41. The minimum Gasteiger partial charge on any atom is -0.383 e. The van der Waals surface area contributed by atoms with E-state index in [-0.39, 0.29) is 36.9 Å². The molecule has 4 N–H and O–H groups in total. The van der Waals surface area contributed by atoms with Crippen LogP contribution in [0.15, 0.2) is 80.8 Å². The number of nitrogen functional groups attached to an aromatic ring is 1. The number of carbonyl (C=O) groups excluding carboxylic acids is 1. The molecule has 0 atom stereocenters. The Bertz CT molecular complexity index is 1410. The Hall–Kier alpha value is -4.60.